The second-order valence-corrected chi connectivity index (χ2v) is 6.97. The lowest BCUT2D eigenvalue weighted by atomic mass is 10.0. The molecule has 2 heterocycles. The molecule has 8 nitrogen and oxygen atoms in total. The topological polar surface area (TPSA) is 133 Å². The lowest BCUT2D eigenvalue weighted by molar-refractivity contribution is -0.141. The molecule has 0 aliphatic rings. The molecule has 0 radical (unpaired) electrons. The lowest BCUT2D eigenvalue weighted by Gasteiger charge is -2.15. The summed E-state index contributed by atoms with van der Waals surface area (Å²) in [5.41, 5.74) is 1.53. The summed E-state index contributed by atoms with van der Waals surface area (Å²) >= 11 is 0. The standard InChI is InChI=1S/C22H18N2O6/c25-14-5-6-16-12(9-21(27)30-19(16)10-14)8-20(26)24-18(22(28)29)7-13-11-23-17-4-2-1-3-15(13)17/h1-6,9-11,18,23,25H,7-8H2,(H,24,26)(H,28,29). The first-order chi connectivity index (χ1) is 14.4. The number of carboxylic acids is 1. The predicted octanol–water partition coefficient (Wildman–Crippen LogP) is 2.33. The van der Waals surface area contributed by atoms with Gasteiger partial charge in [-0.3, -0.25) is 4.79 Å². The first-order valence-electron chi connectivity index (χ1n) is 9.23. The molecule has 1 unspecified atom stereocenters. The third kappa shape index (κ3) is 3.88. The van der Waals surface area contributed by atoms with Crippen molar-refractivity contribution >= 4 is 33.7 Å². The number of benzene rings is 2. The number of H-pyrrole nitrogens is 1. The molecule has 2 aromatic carbocycles. The van der Waals surface area contributed by atoms with Crippen LogP contribution in [0, 0.1) is 0 Å². The normalized spacial score (nSPS) is 12.1. The van der Waals surface area contributed by atoms with E-state index in [1.165, 1.54) is 24.3 Å². The highest BCUT2D eigenvalue weighted by atomic mass is 16.4. The third-order valence-corrected chi connectivity index (χ3v) is 4.90. The van der Waals surface area contributed by atoms with Gasteiger partial charge in [0.2, 0.25) is 5.91 Å². The molecule has 152 valence electrons. The zero-order valence-electron chi connectivity index (χ0n) is 15.7. The smallest absolute Gasteiger partial charge is 0.336 e. The Morgan fingerprint density at radius 3 is 2.67 bits per heavy atom. The number of carbonyl (C=O) groups excluding carboxylic acids is 1. The Bertz CT molecular complexity index is 1320. The molecule has 0 aliphatic heterocycles. The molecule has 30 heavy (non-hydrogen) atoms. The fraction of sp³-hybridized carbons (Fsp3) is 0.136. The van der Waals surface area contributed by atoms with Gasteiger partial charge in [-0.2, -0.15) is 0 Å². The molecule has 4 N–H and O–H groups in total. The maximum atomic E-state index is 12.6. The number of para-hydroxylation sites is 1. The summed E-state index contributed by atoms with van der Waals surface area (Å²) in [6.45, 7) is 0. The van der Waals surface area contributed by atoms with E-state index in [9.17, 15) is 24.6 Å². The number of hydrogen-bond acceptors (Lipinski definition) is 5. The second-order valence-electron chi connectivity index (χ2n) is 6.97. The minimum atomic E-state index is -1.16. The second kappa shape index (κ2) is 7.75. The molecule has 1 atom stereocenters. The van der Waals surface area contributed by atoms with Crippen LogP contribution in [0.2, 0.25) is 0 Å². The maximum Gasteiger partial charge on any atom is 0.336 e. The number of aliphatic carboxylic acids is 1. The Morgan fingerprint density at radius 1 is 1.07 bits per heavy atom. The molecular formula is C22H18N2O6. The van der Waals surface area contributed by atoms with Crippen LogP contribution >= 0.6 is 0 Å². The van der Waals surface area contributed by atoms with Gasteiger partial charge in [-0.1, -0.05) is 18.2 Å². The van der Waals surface area contributed by atoms with Crippen molar-refractivity contribution in [2.45, 2.75) is 18.9 Å². The lowest BCUT2D eigenvalue weighted by Crippen LogP contribution is -2.43. The Labute approximate surface area is 169 Å². The number of rotatable bonds is 6. The number of aromatic amines is 1. The molecule has 4 rings (SSSR count). The summed E-state index contributed by atoms with van der Waals surface area (Å²) in [4.78, 5) is 39.2. The van der Waals surface area contributed by atoms with E-state index in [-0.39, 0.29) is 24.2 Å². The summed E-state index contributed by atoms with van der Waals surface area (Å²) < 4.78 is 5.05. The maximum absolute atomic E-state index is 12.6. The number of aromatic hydroxyl groups is 1. The number of carboxylic acid groups (broad SMARTS) is 1. The largest absolute Gasteiger partial charge is 0.508 e. The van der Waals surface area contributed by atoms with Crippen LogP contribution in [0.4, 0.5) is 0 Å². The number of aromatic nitrogens is 1. The zero-order chi connectivity index (χ0) is 21.3. The van der Waals surface area contributed by atoms with Gasteiger partial charge in [0.05, 0.1) is 6.42 Å². The average molecular weight is 406 g/mol. The predicted molar refractivity (Wildman–Crippen MR) is 109 cm³/mol. The summed E-state index contributed by atoms with van der Waals surface area (Å²) in [7, 11) is 0. The van der Waals surface area contributed by atoms with Crippen LogP contribution in [-0.4, -0.2) is 33.1 Å². The van der Waals surface area contributed by atoms with Crippen LogP contribution in [0.25, 0.3) is 21.9 Å². The Balaban J connectivity index is 1.55. The first-order valence-corrected chi connectivity index (χ1v) is 9.23. The fourth-order valence-corrected chi connectivity index (χ4v) is 3.50. The van der Waals surface area contributed by atoms with Gasteiger partial charge in [-0.05, 0) is 29.3 Å². The van der Waals surface area contributed by atoms with Crippen molar-refractivity contribution < 1.29 is 24.2 Å². The van der Waals surface area contributed by atoms with E-state index in [2.05, 4.69) is 10.3 Å². The highest BCUT2D eigenvalue weighted by Gasteiger charge is 2.22. The van der Waals surface area contributed by atoms with Crippen LogP contribution in [0.1, 0.15) is 11.1 Å². The monoisotopic (exact) mass is 406 g/mol. The number of nitrogens with one attached hydrogen (secondary N) is 2. The minimum Gasteiger partial charge on any atom is -0.508 e. The summed E-state index contributed by atoms with van der Waals surface area (Å²) in [5, 5.41) is 23.1. The molecule has 8 heteroatoms. The van der Waals surface area contributed by atoms with Crippen molar-refractivity contribution in [1.82, 2.24) is 10.3 Å². The number of carbonyl (C=O) groups is 2. The average Bonchev–Trinajstić information content (AvgIpc) is 3.10. The van der Waals surface area contributed by atoms with Crippen LogP contribution in [0.3, 0.4) is 0 Å². The van der Waals surface area contributed by atoms with Crippen molar-refractivity contribution in [3.05, 3.63) is 76.3 Å². The number of hydrogen-bond donors (Lipinski definition) is 4. The summed E-state index contributed by atoms with van der Waals surface area (Å²) in [5.74, 6) is -1.77. The number of amides is 1. The van der Waals surface area contributed by atoms with Gasteiger partial charge in [0.1, 0.15) is 17.4 Å². The third-order valence-electron chi connectivity index (χ3n) is 4.90. The van der Waals surface area contributed by atoms with Crippen molar-refractivity contribution in [2.75, 3.05) is 0 Å². The van der Waals surface area contributed by atoms with E-state index in [0.29, 0.717) is 10.9 Å². The van der Waals surface area contributed by atoms with Crippen LogP contribution in [0.5, 0.6) is 5.75 Å². The van der Waals surface area contributed by atoms with E-state index in [0.717, 1.165) is 16.5 Å². The molecule has 1 amide bonds. The van der Waals surface area contributed by atoms with Gasteiger partial charge in [0.15, 0.2) is 0 Å². The Hall–Kier alpha value is -4.07. The van der Waals surface area contributed by atoms with E-state index < -0.39 is 23.5 Å². The Kier molecular flexibility index (Phi) is 4.97. The molecular weight excluding hydrogens is 388 g/mol. The van der Waals surface area contributed by atoms with E-state index >= 15 is 0 Å². The van der Waals surface area contributed by atoms with Gasteiger partial charge >= 0.3 is 11.6 Å². The van der Waals surface area contributed by atoms with E-state index in [1.54, 1.807) is 6.20 Å². The molecule has 0 aliphatic carbocycles. The molecule has 0 bridgehead atoms. The molecule has 0 fully saturated rings. The van der Waals surface area contributed by atoms with Gasteiger partial charge < -0.3 is 24.9 Å². The highest BCUT2D eigenvalue weighted by molar-refractivity contribution is 5.90. The SMILES string of the molecule is O=C(Cc1cc(=O)oc2cc(O)ccc12)NC(Cc1c[nH]c2ccccc12)C(=O)O. The minimum absolute atomic E-state index is 0.0723. The van der Waals surface area contributed by atoms with Gasteiger partial charge in [0.25, 0.3) is 0 Å². The van der Waals surface area contributed by atoms with Crippen molar-refractivity contribution in [1.29, 1.82) is 0 Å². The molecule has 0 saturated heterocycles. The number of phenolic OH excluding ortho intramolecular Hbond substituents is 1. The molecule has 2 aromatic heterocycles. The van der Waals surface area contributed by atoms with Crippen LogP contribution < -0.4 is 10.9 Å². The van der Waals surface area contributed by atoms with Crippen LogP contribution in [-0.2, 0) is 22.4 Å². The quantitative estimate of drug-likeness (QED) is 0.363. The summed E-state index contributed by atoms with van der Waals surface area (Å²) in [6, 6.07) is 11.8. The molecule has 0 saturated carbocycles. The Morgan fingerprint density at radius 2 is 1.87 bits per heavy atom. The first kappa shape index (κ1) is 19.3. The zero-order valence-corrected chi connectivity index (χ0v) is 15.7. The van der Waals surface area contributed by atoms with Crippen LogP contribution in [0.15, 0.2) is 63.9 Å². The molecule has 4 aromatic rings. The number of phenols is 1. The van der Waals surface area contributed by atoms with Crippen molar-refractivity contribution in [3.63, 3.8) is 0 Å². The van der Waals surface area contributed by atoms with E-state index in [4.69, 9.17) is 4.42 Å². The summed E-state index contributed by atoms with van der Waals surface area (Å²) in [6.07, 6.45) is 1.64. The van der Waals surface area contributed by atoms with Gasteiger partial charge in [0, 0.05) is 41.0 Å². The number of fused-ring (bicyclic) bond motifs is 2. The van der Waals surface area contributed by atoms with E-state index in [1.807, 2.05) is 24.3 Å². The highest BCUT2D eigenvalue weighted by Crippen LogP contribution is 2.22. The molecule has 0 spiro atoms. The fourth-order valence-electron chi connectivity index (χ4n) is 3.50. The van der Waals surface area contributed by atoms with Crippen molar-refractivity contribution in [2.24, 2.45) is 0 Å². The van der Waals surface area contributed by atoms with Gasteiger partial charge in [-0.25, -0.2) is 9.59 Å². The van der Waals surface area contributed by atoms with Gasteiger partial charge in [-0.15, -0.1) is 0 Å². The van der Waals surface area contributed by atoms with Crippen molar-refractivity contribution in [3.8, 4) is 5.75 Å².